The maximum Gasteiger partial charge on any atom is 0.308 e. The second-order valence-electron chi connectivity index (χ2n) is 5.65. The van der Waals surface area contributed by atoms with Gasteiger partial charge < -0.3 is 4.74 Å². The molecule has 2 aromatic rings. The van der Waals surface area contributed by atoms with E-state index >= 15 is 0 Å². The van der Waals surface area contributed by atoms with Crippen LogP contribution in [0.3, 0.4) is 0 Å². The van der Waals surface area contributed by atoms with Gasteiger partial charge in [0, 0.05) is 12.5 Å². The van der Waals surface area contributed by atoms with Gasteiger partial charge in [-0.15, -0.1) is 0 Å². The van der Waals surface area contributed by atoms with Gasteiger partial charge in [0.25, 0.3) is 0 Å². The van der Waals surface area contributed by atoms with E-state index < -0.39 is 0 Å². The van der Waals surface area contributed by atoms with Crippen LogP contribution in [0.2, 0.25) is 0 Å². The molecule has 3 rings (SSSR count). The largest absolute Gasteiger partial charge is 0.427 e. The van der Waals surface area contributed by atoms with E-state index in [1.54, 1.807) is 23.9 Å². The van der Waals surface area contributed by atoms with E-state index in [2.05, 4.69) is 48.6 Å². The summed E-state index contributed by atoms with van der Waals surface area (Å²) < 4.78 is 5.07. The van der Waals surface area contributed by atoms with Crippen molar-refractivity contribution in [1.82, 2.24) is 5.43 Å². The molecule has 0 saturated heterocycles. The van der Waals surface area contributed by atoms with Crippen LogP contribution in [0.4, 0.5) is 0 Å². The van der Waals surface area contributed by atoms with Crippen molar-refractivity contribution in [2.45, 2.75) is 25.6 Å². The fourth-order valence-corrected chi connectivity index (χ4v) is 3.42. The predicted molar refractivity (Wildman–Crippen MR) is 93.5 cm³/mol. The number of benzene rings is 2. The summed E-state index contributed by atoms with van der Waals surface area (Å²) in [4.78, 5) is 10.6. The van der Waals surface area contributed by atoms with Crippen LogP contribution >= 0.6 is 11.8 Å². The van der Waals surface area contributed by atoms with Gasteiger partial charge in [-0.25, -0.2) is 0 Å². The van der Waals surface area contributed by atoms with Gasteiger partial charge in [-0.3, -0.25) is 10.2 Å². The molecule has 1 aliphatic heterocycles. The Hall–Kier alpha value is -2.27. The van der Waals surface area contributed by atoms with Crippen molar-refractivity contribution in [2.75, 3.05) is 0 Å². The molecule has 0 aliphatic carbocycles. The molecule has 1 aliphatic rings. The molecule has 4 nitrogen and oxygen atoms in total. The molecule has 0 bridgehead atoms. The Bertz CT molecular complexity index is 754. The smallest absolute Gasteiger partial charge is 0.308 e. The summed E-state index contributed by atoms with van der Waals surface area (Å²) in [6.07, 6.45) is 0. The lowest BCUT2D eigenvalue weighted by molar-refractivity contribution is -0.131. The Balaban J connectivity index is 1.76. The Kier molecular flexibility index (Phi) is 4.13. The predicted octanol–water partition coefficient (Wildman–Crippen LogP) is 3.79. The maximum absolute atomic E-state index is 11.0. The number of ether oxygens (including phenoxy) is 1. The third-order valence-electron chi connectivity index (χ3n) is 3.64. The summed E-state index contributed by atoms with van der Waals surface area (Å²) in [6, 6.07) is 15.8. The third-order valence-corrected chi connectivity index (χ3v) is 4.89. The van der Waals surface area contributed by atoms with Gasteiger partial charge in [0.15, 0.2) is 0 Å². The molecule has 0 aromatic heterocycles. The number of aryl methyl sites for hydroxylation is 1. The van der Waals surface area contributed by atoms with Gasteiger partial charge in [0.1, 0.15) is 15.7 Å². The van der Waals surface area contributed by atoms with Crippen LogP contribution in [-0.4, -0.2) is 11.0 Å². The monoisotopic (exact) mass is 326 g/mol. The number of nitrogens with one attached hydrogen (secondary N) is 1. The number of hydrogen-bond donors (Lipinski definition) is 1. The molecule has 0 spiro atoms. The Morgan fingerprint density at radius 3 is 2.39 bits per heavy atom. The molecule has 1 atom stereocenters. The molecule has 23 heavy (non-hydrogen) atoms. The third kappa shape index (κ3) is 3.40. The SMILES string of the molecule is CC(=O)Oc1ccc([C@]2(C)NN=C(c3ccc(C)cc3)S2)cc1. The number of hydrazone groups is 1. The Morgan fingerprint density at radius 1 is 1.13 bits per heavy atom. The quantitative estimate of drug-likeness (QED) is 0.689. The first kappa shape index (κ1) is 15.6. The van der Waals surface area contributed by atoms with Crippen LogP contribution in [0.25, 0.3) is 0 Å². The van der Waals surface area contributed by atoms with Crippen molar-refractivity contribution in [2.24, 2.45) is 5.10 Å². The first-order valence-corrected chi connectivity index (χ1v) is 8.18. The number of thioether (sulfide) groups is 1. The van der Waals surface area contributed by atoms with E-state index in [0.29, 0.717) is 5.75 Å². The number of carbonyl (C=O) groups is 1. The molecule has 5 heteroatoms. The molecular formula is C18H18N2O2S. The topological polar surface area (TPSA) is 50.7 Å². The molecule has 0 saturated carbocycles. The van der Waals surface area contributed by atoms with Gasteiger partial charge in [-0.05, 0) is 31.5 Å². The molecule has 1 N–H and O–H groups in total. The van der Waals surface area contributed by atoms with Gasteiger partial charge in [0.05, 0.1) is 0 Å². The normalized spacial score (nSPS) is 19.9. The lowest BCUT2D eigenvalue weighted by Crippen LogP contribution is -2.28. The number of hydrogen-bond acceptors (Lipinski definition) is 5. The van der Waals surface area contributed by atoms with E-state index in [9.17, 15) is 4.79 Å². The van der Waals surface area contributed by atoms with Crippen molar-refractivity contribution >= 4 is 22.8 Å². The molecule has 2 aromatic carbocycles. The standard InChI is InChI=1S/C18H18N2O2S/c1-12-4-6-14(7-5-12)17-19-20-18(3,23-17)15-8-10-16(11-9-15)22-13(2)21/h4-11,20H,1-3H3/t18-/m1/s1. The Labute approximate surface area is 139 Å². The molecule has 0 fully saturated rings. The Morgan fingerprint density at radius 2 is 1.78 bits per heavy atom. The zero-order valence-electron chi connectivity index (χ0n) is 13.3. The van der Waals surface area contributed by atoms with Gasteiger partial charge >= 0.3 is 5.97 Å². The summed E-state index contributed by atoms with van der Waals surface area (Å²) in [5, 5.41) is 5.45. The summed E-state index contributed by atoms with van der Waals surface area (Å²) >= 11 is 1.68. The number of rotatable bonds is 3. The van der Waals surface area contributed by atoms with Gasteiger partial charge in [0.2, 0.25) is 0 Å². The molecule has 0 radical (unpaired) electrons. The zero-order chi connectivity index (χ0) is 16.4. The van der Waals surface area contributed by atoms with E-state index in [4.69, 9.17) is 4.74 Å². The van der Waals surface area contributed by atoms with Crippen molar-refractivity contribution < 1.29 is 9.53 Å². The van der Waals surface area contributed by atoms with Gasteiger partial charge in [-0.1, -0.05) is 53.7 Å². The molecule has 118 valence electrons. The first-order valence-electron chi connectivity index (χ1n) is 7.36. The second kappa shape index (κ2) is 6.08. The van der Waals surface area contributed by atoms with Crippen LogP contribution in [0.5, 0.6) is 5.75 Å². The molecular weight excluding hydrogens is 308 g/mol. The van der Waals surface area contributed by atoms with Crippen molar-refractivity contribution in [3.8, 4) is 5.75 Å². The average Bonchev–Trinajstić information content (AvgIpc) is 2.92. The number of esters is 1. The van der Waals surface area contributed by atoms with E-state index in [1.807, 2.05) is 12.1 Å². The number of carbonyl (C=O) groups excluding carboxylic acids is 1. The summed E-state index contributed by atoms with van der Waals surface area (Å²) in [6.45, 7) is 5.55. The lowest BCUT2D eigenvalue weighted by atomic mass is 10.1. The molecule has 0 amide bonds. The highest BCUT2D eigenvalue weighted by Crippen LogP contribution is 2.40. The van der Waals surface area contributed by atoms with E-state index in [-0.39, 0.29) is 10.8 Å². The minimum absolute atomic E-state index is 0.317. The highest BCUT2D eigenvalue weighted by molar-refractivity contribution is 8.15. The summed E-state index contributed by atoms with van der Waals surface area (Å²) in [5.74, 6) is 0.231. The van der Waals surface area contributed by atoms with Crippen LogP contribution in [-0.2, 0) is 9.67 Å². The highest BCUT2D eigenvalue weighted by atomic mass is 32.2. The lowest BCUT2D eigenvalue weighted by Gasteiger charge is -2.23. The molecule has 0 unspecified atom stereocenters. The number of nitrogens with zero attached hydrogens (tertiary/aromatic N) is 1. The van der Waals surface area contributed by atoms with Gasteiger partial charge in [-0.2, -0.15) is 5.10 Å². The second-order valence-corrected chi connectivity index (χ2v) is 7.06. The summed E-state index contributed by atoms with van der Waals surface area (Å²) in [7, 11) is 0. The first-order chi connectivity index (χ1) is 11.0. The van der Waals surface area contributed by atoms with Crippen molar-refractivity contribution in [3.63, 3.8) is 0 Å². The minimum atomic E-state index is -0.338. The van der Waals surface area contributed by atoms with E-state index in [0.717, 1.165) is 16.2 Å². The maximum atomic E-state index is 11.0. The van der Waals surface area contributed by atoms with Crippen LogP contribution < -0.4 is 10.2 Å². The fourth-order valence-electron chi connectivity index (χ4n) is 2.35. The molecule has 1 heterocycles. The average molecular weight is 326 g/mol. The van der Waals surface area contributed by atoms with Crippen LogP contribution in [0.1, 0.15) is 30.5 Å². The summed E-state index contributed by atoms with van der Waals surface area (Å²) in [5.41, 5.74) is 6.62. The van der Waals surface area contributed by atoms with Crippen molar-refractivity contribution in [1.29, 1.82) is 0 Å². The fraction of sp³-hybridized carbons (Fsp3) is 0.222. The minimum Gasteiger partial charge on any atom is -0.427 e. The van der Waals surface area contributed by atoms with E-state index in [1.165, 1.54) is 12.5 Å². The van der Waals surface area contributed by atoms with Crippen LogP contribution in [0, 0.1) is 6.92 Å². The van der Waals surface area contributed by atoms with Crippen molar-refractivity contribution in [3.05, 3.63) is 65.2 Å². The van der Waals surface area contributed by atoms with Crippen LogP contribution in [0.15, 0.2) is 53.6 Å². The highest BCUT2D eigenvalue weighted by Gasteiger charge is 2.34. The zero-order valence-corrected chi connectivity index (χ0v) is 14.1.